The van der Waals surface area contributed by atoms with Crippen molar-refractivity contribution in [3.05, 3.63) is 12.5 Å². The molecule has 0 spiro atoms. The lowest BCUT2D eigenvalue weighted by Crippen LogP contribution is -2.28. The summed E-state index contributed by atoms with van der Waals surface area (Å²) in [6.07, 6.45) is 2.72. The van der Waals surface area contributed by atoms with Crippen molar-refractivity contribution >= 4 is 58.2 Å². The Morgan fingerprint density at radius 1 is 1.34 bits per heavy atom. The molecule has 29 heavy (non-hydrogen) atoms. The molecule has 0 saturated carbocycles. The molecule has 12 nitrogen and oxygen atoms in total. The number of aromatic nitrogens is 4. The number of aliphatic hydroxyl groups excluding tert-OH is 2. The summed E-state index contributed by atoms with van der Waals surface area (Å²) in [6.45, 7) is -0.288. The van der Waals surface area contributed by atoms with Crippen LogP contribution in [0.4, 0.5) is 5.95 Å². The van der Waals surface area contributed by atoms with Gasteiger partial charge in [-0.1, -0.05) is 0 Å². The maximum Gasteiger partial charge on any atom is 0.234 e. The van der Waals surface area contributed by atoms with E-state index in [4.69, 9.17) is 17.0 Å². The molecular formula is C16H15N9O3S. The number of imidazole rings is 1. The van der Waals surface area contributed by atoms with Crippen molar-refractivity contribution in [2.24, 2.45) is 20.0 Å². The molecule has 3 aliphatic heterocycles. The molecule has 5 heterocycles. The lowest BCUT2D eigenvalue weighted by Gasteiger charge is -2.21. The number of anilines is 1. The fraction of sp³-hybridized carbons (Fsp3) is 0.375. The van der Waals surface area contributed by atoms with Crippen molar-refractivity contribution in [3.63, 3.8) is 0 Å². The number of rotatable bonds is 3. The molecule has 0 amide bonds. The smallest absolute Gasteiger partial charge is 0.234 e. The molecule has 0 aliphatic carbocycles. The third-order valence-corrected chi connectivity index (χ3v) is 4.96. The van der Waals surface area contributed by atoms with Gasteiger partial charge in [-0.05, 0) is 12.2 Å². The van der Waals surface area contributed by atoms with Gasteiger partial charge in [0.15, 0.2) is 11.5 Å². The molecule has 3 aliphatic rings. The Labute approximate surface area is 169 Å². The minimum absolute atomic E-state index is 0.192. The quantitative estimate of drug-likeness (QED) is 0.639. The summed E-state index contributed by atoms with van der Waals surface area (Å²) >= 11 is 4.98. The SMILES string of the molecule is CN(C1=NC2=NC(=S)N=CC2=N1)c1nc2cncnc2n1[C@H]1C[C@@H](O)[C@H](CO)O1. The fourth-order valence-corrected chi connectivity index (χ4v) is 3.49. The third-order valence-electron chi connectivity index (χ3n) is 4.76. The number of guanidine groups is 1. The number of ether oxygens (including phenoxy) is 1. The summed E-state index contributed by atoms with van der Waals surface area (Å²) in [5, 5.41) is 19.8. The molecule has 3 atom stereocenters. The van der Waals surface area contributed by atoms with Gasteiger partial charge in [-0.25, -0.2) is 24.9 Å². The van der Waals surface area contributed by atoms with Crippen LogP contribution in [-0.2, 0) is 4.74 Å². The molecular weight excluding hydrogens is 398 g/mol. The topological polar surface area (TPSA) is 146 Å². The summed E-state index contributed by atoms with van der Waals surface area (Å²) in [4.78, 5) is 31.5. The Kier molecular flexibility index (Phi) is 4.24. The van der Waals surface area contributed by atoms with E-state index in [0.29, 0.717) is 34.6 Å². The van der Waals surface area contributed by atoms with Crippen LogP contribution in [0.15, 0.2) is 32.5 Å². The Balaban J connectivity index is 1.58. The van der Waals surface area contributed by atoms with Crippen LogP contribution in [0.5, 0.6) is 0 Å². The molecule has 13 heteroatoms. The van der Waals surface area contributed by atoms with E-state index in [1.807, 2.05) is 0 Å². The molecule has 0 bridgehead atoms. The monoisotopic (exact) mass is 413 g/mol. The van der Waals surface area contributed by atoms with E-state index in [1.54, 1.807) is 22.7 Å². The minimum Gasteiger partial charge on any atom is -0.394 e. The Hall–Kier alpha value is -3.00. The van der Waals surface area contributed by atoms with E-state index < -0.39 is 18.4 Å². The molecule has 2 N–H and O–H groups in total. The average Bonchev–Trinajstić information content (AvgIpc) is 3.40. The zero-order valence-corrected chi connectivity index (χ0v) is 15.9. The summed E-state index contributed by atoms with van der Waals surface area (Å²) in [5.74, 6) is 1.18. The maximum atomic E-state index is 10.2. The first-order chi connectivity index (χ1) is 14.0. The van der Waals surface area contributed by atoms with E-state index in [9.17, 15) is 10.2 Å². The average molecular weight is 413 g/mol. The van der Waals surface area contributed by atoms with Gasteiger partial charge in [0.25, 0.3) is 0 Å². The normalized spacial score (nSPS) is 25.8. The van der Waals surface area contributed by atoms with Gasteiger partial charge in [0.05, 0.1) is 25.1 Å². The van der Waals surface area contributed by atoms with E-state index in [0.717, 1.165) is 0 Å². The van der Waals surface area contributed by atoms with Crippen LogP contribution >= 0.6 is 12.2 Å². The van der Waals surface area contributed by atoms with Crippen molar-refractivity contribution in [3.8, 4) is 0 Å². The molecule has 148 valence electrons. The van der Waals surface area contributed by atoms with Gasteiger partial charge in [0.2, 0.25) is 17.0 Å². The molecule has 1 saturated heterocycles. The van der Waals surface area contributed by atoms with E-state index >= 15 is 0 Å². The Bertz CT molecular complexity index is 1140. The number of nitrogens with zero attached hydrogens (tertiary/aromatic N) is 9. The van der Waals surface area contributed by atoms with Gasteiger partial charge in [0.1, 0.15) is 29.9 Å². The van der Waals surface area contributed by atoms with Crippen LogP contribution in [0.3, 0.4) is 0 Å². The van der Waals surface area contributed by atoms with Gasteiger partial charge in [0, 0.05) is 13.5 Å². The van der Waals surface area contributed by atoms with Gasteiger partial charge < -0.3 is 14.9 Å². The largest absolute Gasteiger partial charge is 0.394 e. The lowest BCUT2D eigenvalue weighted by molar-refractivity contribution is -0.0426. The second kappa shape index (κ2) is 6.81. The number of fused-ring (bicyclic) bond motifs is 2. The van der Waals surface area contributed by atoms with Gasteiger partial charge in [-0.3, -0.25) is 9.47 Å². The lowest BCUT2D eigenvalue weighted by atomic mass is 10.2. The van der Waals surface area contributed by atoms with Crippen molar-refractivity contribution in [2.45, 2.75) is 24.9 Å². The highest BCUT2D eigenvalue weighted by Crippen LogP contribution is 2.34. The highest BCUT2D eigenvalue weighted by molar-refractivity contribution is 7.80. The first-order valence-electron chi connectivity index (χ1n) is 8.75. The number of hydrogen-bond donors (Lipinski definition) is 2. The highest BCUT2D eigenvalue weighted by Gasteiger charge is 2.38. The maximum absolute atomic E-state index is 10.2. The second-order valence-electron chi connectivity index (χ2n) is 6.57. The van der Waals surface area contributed by atoms with Crippen LogP contribution in [0.1, 0.15) is 12.6 Å². The van der Waals surface area contributed by atoms with Gasteiger partial charge >= 0.3 is 0 Å². The fourth-order valence-electron chi connectivity index (χ4n) is 3.35. The highest BCUT2D eigenvalue weighted by atomic mass is 32.1. The Morgan fingerprint density at radius 2 is 2.21 bits per heavy atom. The second-order valence-corrected chi connectivity index (χ2v) is 6.94. The van der Waals surface area contributed by atoms with Crippen LogP contribution < -0.4 is 4.90 Å². The predicted octanol–water partition coefficient (Wildman–Crippen LogP) is -0.518. The van der Waals surface area contributed by atoms with Crippen molar-refractivity contribution < 1.29 is 14.9 Å². The molecule has 2 aromatic rings. The molecule has 0 aromatic carbocycles. The molecule has 1 fully saturated rings. The Morgan fingerprint density at radius 3 is 3.00 bits per heavy atom. The third kappa shape index (κ3) is 2.95. The predicted molar refractivity (Wildman–Crippen MR) is 109 cm³/mol. The summed E-state index contributed by atoms with van der Waals surface area (Å²) < 4.78 is 7.57. The van der Waals surface area contributed by atoms with Crippen molar-refractivity contribution in [2.75, 3.05) is 18.6 Å². The number of amidine groups is 1. The number of aliphatic hydroxyl groups is 2. The first-order valence-corrected chi connectivity index (χ1v) is 9.16. The summed E-state index contributed by atoms with van der Waals surface area (Å²) in [7, 11) is 1.75. The minimum atomic E-state index is -0.805. The van der Waals surface area contributed by atoms with Crippen molar-refractivity contribution in [1.82, 2.24) is 19.5 Å². The van der Waals surface area contributed by atoms with Crippen LogP contribution in [0, 0.1) is 0 Å². The molecule has 0 radical (unpaired) electrons. The first kappa shape index (κ1) is 18.1. The standard InChI is InChI=1S/C16H15N9O3S/c1-24(14-20-7-4-18-15(29)23-12(7)22-14)16-21-8-3-17-6-19-13(8)25(16)11-2-9(27)10(5-26)28-11/h3-4,6,9-11,26-27H,2,5H2,1H3/t9-,10+,11-/m1/s1. The zero-order valence-electron chi connectivity index (χ0n) is 15.1. The van der Waals surface area contributed by atoms with Gasteiger partial charge in [-0.15, -0.1) is 0 Å². The van der Waals surface area contributed by atoms with Crippen LogP contribution in [-0.4, -0.2) is 84.4 Å². The van der Waals surface area contributed by atoms with Crippen LogP contribution in [0.25, 0.3) is 11.2 Å². The van der Waals surface area contributed by atoms with E-state index in [2.05, 4.69) is 34.9 Å². The number of hydrogen-bond acceptors (Lipinski definition) is 10. The number of thiocarbonyl (C=S) groups is 1. The zero-order chi connectivity index (χ0) is 20.1. The van der Waals surface area contributed by atoms with Crippen LogP contribution in [0.2, 0.25) is 0 Å². The molecule has 2 aromatic heterocycles. The van der Waals surface area contributed by atoms with Crippen molar-refractivity contribution in [1.29, 1.82) is 0 Å². The van der Waals surface area contributed by atoms with Gasteiger partial charge in [-0.2, -0.15) is 9.98 Å². The van der Waals surface area contributed by atoms with E-state index in [-0.39, 0.29) is 18.1 Å². The molecule has 5 rings (SSSR count). The van der Waals surface area contributed by atoms with E-state index in [1.165, 1.54) is 12.5 Å². The summed E-state index contributed by atoms with van der Waals surface area (Å²) in [6, 6.07) is 0. The summed E-state index contributed by atoms with van der Waals surface area (Å²) in [5.41, 5.74) is 1.58. The number of aliphatic imine (C=N–C) groups is 4. The molecule has 0 unspecified atom stereocenters.